The van der Waals surface area contributed by atoms with Crippen LogP contribution in [0.1, 0.15) is 51.2 Å². The highest BCUT2D eigenvalue weighted by molar-refractivity contribution is 5.29. The minimum Gasteiger partial charge on any atom is -0.319 e. The first kappa shape index (κ1) is 13.2. The normalized spacial score (nSPS) is 13.8. The van der Waals surface area contributed by atoms with Crippen molar-refractivity contribution in [3.05, 3.63) is 35.4 Å². The van der Waals surface area contributed by atoms with Crippen molar-refractivity contribution < 1.29 is 0 Å². The Morgan fingerprint density at radius 3 is 2.06 bits per heavy atom. The van der Waals surface area contributed by atoms with Crippen molar-refractivity contribution >= 4 is 0 Å². The van der Waals surface area contributed by atoms with Crippen LogP contribution in [0, 0.1) is 0 Å². The van der Waals surface area contributed by atoms with Crippen molar-refractivity contribution in [1.82, 2.24) is 5.32 Å². The lowest BCUT2D eigenvalue weighted by atomic mass is 9.85. The largest absolute Gasteiger partial charge is 0.319 e. The lowest BCUT2D eigenvalue weighted by Crippen LogP contribution is -2.17. The summed E-state index contributed by atoms with van der Waals surface area (Å²) in [6.45, 7) is 10.1. The average Bonchev–Trinajstić information content (AvgIpc) is 2.25. The molecule has 1 heteroatoms. The molecule has 0 bridgehead atoms. The maximum atomic E-state index is 3.26. The van der Waals surface area contributed by atoms with Crippen LogP contribution < -0.4 is 5.32 Å². The molecule has 0 heterocycles. The monoisotopic (exact) mass is 219 g/mol. The number of benzene rings is 1. The van der Waals surface area contributed by atoms with Gasteiger partial charge in [-0.3, -0.25) is 0 Å². The molecule has 0 amide bonds. The molecule has 1 rings (SSSR count). The molecule has 0 aromatic heterocycles. The third-order valence-corrected chi connectivity index (χ3v) is 3.19. The van der Waals surface area contributed by atoms with E-state index in [2.05, 4.69) is 57.3 Å². The Bertz CT molecular complexity index is 305. The maximum Gasteiger partial charge on any atom is 0.00170 e. The molecule has 0 aliphatic rings. The number of hydrogen-bond donors (Lipinski definition) is 1. The fourth-order valence-corrected chi connectivity index (χ4v) is 2.00. The summed E-state index contributed by atoms with van der Waals surface area (Å²) >= 11 is 0. The molecule has 1 unspecified atom stereocenters. The third kappa shape index (κ3) is 3.34. The summed E-state index contributed by atoms with van der Waals surface area (Å²) in [5.41, 5.74) is 3.11. The Labute approximate surface area is 100 Å². The summed E-state index contributed by atoms with van der Waals surface area (Å²) < 4.78 is 0. The quantitative estimate of drug-likeness (QED) is 0.814. The molecule has 0 aliphatic carbocycles. The highest BCUT2D eigenvalue weighted by Gasteiger charge is 2.14. The molecule has 1 atom stereocenters. The van der Waals surface area contributed by atoms with Crippen molar-refractivity contribution in [1.29, 1.82) is 0 Å². The van der Waals surface area contributed by atoms with Gasteiger partial charge in [-0.15, -0.1) is 0 Å². The Morgan fingerprint density at radius 2 is 1.69 bits per heavy atom. The second kappa shape index (κ2) is 5.49. The lowest BCUT2D eigenvalue weighted by molar-refractivity contribution is 0.586. The van der Waals surface area contributed by atoms with Gasteiger partial charge in [-0.2, -0.15) is 0 Å². The number of nitrogens with one attached hydrogen (secondary N) is 1. The van der Waals surface area contributed by atoms with Gasteiger partial charge in [0.1, 0.15) is 0 Å². The molecule has 1 N–H and O–H groups in total. The molecule has 0 fully saturated rings. The van der Waals surface area contributed by atoms with Crippen molar-refractivity contribution in [3.8, 4) is 0 Å². The molecule has 0 saturated heterocycles. The van der Waals surface area contributed by atoms with E-state index in [9.17, 15) is 0 Å². The lowest BCUT2D eigenvalue weighted by Gasteiger charge is -2.21. The number of hydrogen-bond acceptors (Lipinski definition) is 1. The van der Waals surface area contributed by atoms with E-state index in [1.54, 1.807) is 0 Å². The van der Waals surface area contributed by atoms with E-state index in [-0.39, 0.29) is 5.41 Å². The van der Waals surface area contributed by atoms with Gasteiger partial charge in [0.2, 0.25) is 0 Å². The SMILES string of the molecule is CCC(CNC)c1ccc(C(C)(C)C)cc1. The van der Waals surface area contributed by atoms with Crippen LogP contribution in [0.25, 0.3) is 0 Å². The molecule has 1 aromatic rings. The van der Waals surface area contributed by atoms with Gasteiger partial charge in [0, 0.05) is 6.54 Å². The highest BCUT2D eigenvalue weighted by Crippen LogP contribution is 2.25. The summed E-state index contributed by atoms with van der Waals surface area (Å²) in [4.78, 5) is 0. The minimum atomic E-state index is 0.253. The van der Waals surface area contributed by atoms with E-state index in [1.165, 1.54) is 17.5 Å². The molecule has 1 nitrogen and oxygen atoms in total. The molecule has 0 radical (unpaired) electrons. The van der Waals surface area contributed by atoms with Gasteiger partial charge in [-0.05, 0) is 35.9 Å². The average molecular weight is 219 g/mol. The zero-order chi connectivity index (χ0) is 12.2. The Balaban J connectivity index is 2.85. The first-order chi connectivity index (χ1) is 7.49. The van der Waals surface area contributed by atoms with Gasteiger partial charge in [0.15, 0.2) is 0 Å². The smallest absolute Gasteiger partial charge is 0.00170 e. The molecular weight excluding hydrogens is 194 g/mol. The number of likely N-dealkylation sites (N-methyl/N-ethyl adjacent to an activating group) is 1. The van der Waals surface area contributed by atoms with Gasteiger partial charge in [-0.25, -0.2) is 0 Å². The van der Waals surface area contributed by atoms with Gasteiger partial charge < -0.3 is 5.32 Å². The molecule has 90 valence electrons. The van der Waals surface area contributed by atoms with Gasteiger partial charge in [0.25, 0.3) is 0 Å². The zero-order valence-electron chi connectivity index (χ0n) is 11.3. The third-order valence-electron chi connectivity index (χ3n) is 3.19. The van der Waals surface area contributed by atoms with Gasteiger partial charge >= 0.3 is 0 Å². The summed E-state index contributed by atoms with van der Waals surface area (Å²) in [6.07, 6.45) is 1.19. The summed E-state index contributed by atoms with van der Waals surface area (Å²) in [5, 5.41) is 3.26. The van der Waals surface area contributed by atoms with Gasteiger partial charge in [-0.1, -0.05) is 52.0 Å². The van der Waals surface area contributed by atoms with E-state index < -0.39 is 0 Å². The first-order valence-electron chi connectivity index (χ1n) is 6.24. The second-order valence-corrected chi connectivity index (χ2v) is 5.53. The highest BCUT2D eigenvalue weighted by atomic mass is 14.8. The molecule has 1 aromatic carbocycles. The van der Waals surface area contributed by atoms with Crippen molar-refractivity contribution in [2.75, 3.05) is 13.6 Å². The van der Waals surface area contributed by atoms with Crippen LogP contribution in [0.5, 0.6) is 0 Å². The van der Waals surface area contributed by atoms with E-state index in [0.717, 1.165) is 6.54 Å². The predicted octanol–water partition coefficient (Wildman–Crippen LogP) is 3.70. The predicted molar refractivity (Wildman–Crippen MR) is 72.1 cm³/mol. The Morgan fingerprint density at radius 1 is 1.12 bits per heavy atom. The minimum absolute atomic E-state index is 0.253. The topological polar surface area (TPSA) is 12.0 Å². The van der Waals surface area contributed by atoms with Crippen LogP contribution in [-0.4, -0.2) is 13.6 Å². The van der Waals surface area contributed by atoms with Crippen molar-refractivity contribution in [3.63, 3.8) is 0 Å². The van der Waals surface area contributed by atoms with Crippen LogP contribution in [0.2, 0.25) is 0 Å². The van der Waals surface area contributed by atoms with Crippen LogP contribution in [-0.2, 0) is 5.41 Å². The van der Waals surface area contributed by atoms with Crippen LogP contribution in [0.15, 0.2) is 24.3 Å². The van der Waals surface area contributed by atoms with Crippen molar-refractivity contribution in [2.45, 2.75) is 45.4 Å². The molecule has 0 spiro atoms. The summed E-state index contributed by atoms with van der Waals surface area (Å²) in [6, 6.07) is 9.11. The van der Waals surface area contributed by atoms with E-state index in [4.69, 9.17) is 0 Å². The van der Waals surface area contributed by atoms with Crippen LogP contribution >= 0.6 is 0 Å². The Kier molecular flexibility index (Phi) is 4.55. The van der Waals surface area contributed by atoms with E-state index in [0.29, 0.717) is 5.92 Å². The van der Waals surface area contributed by atoms with Gasteiger partial charge in [0.05, 0.1) is 0 Å². The maximum absolute atomic E-state index is 3.26. The first-order valence-corrected chi connectivity index (χ1v) is 6.24. The van der Waals surface area contributed by atoms with E-state index >= 15 is 0 Å². The fraction of sp³-hybridized carbons (Fsp3) is 0.600. The zero-order valence-corrected chi connectivity index (χ0v) is 11.3. The second-order valence-electron chi connectivity index (χ2n) is 5.53. The van der Waals surface area contributed by atoms with Crippen LogP contribution in [0.3, 0.4) is 0 Å². The molecule has 16 heavy (non-hydrogen) atoms. The Hall–Kier alpha value is -0.820. The molecule has 0 saturated carbocycles. The van der Waals surface area contributed by atoms with Crippen LogP contribution in [0.4, 0.5) is 0 Å². The molecular formula is C15H25N. The van der Waals surface area contributed by atoms with E-state index in [1.807, 2.05) is 7.05 Å². The summed E-state index contributed by atoms with van der Waals surface area (Å²) in [5.74, 6) is 0.638. The summed E-state index contributed by atoms with van der Waals surface area (Å²) in [7, 11) is 2.02. The fourth-order valence-electron chi connectivity index (χ4n) is 2.00. The molecule has 0 aliphatic heterocycles. The van der Waals surface area contributed by atoms with Crippen molar-refractivity contribution in [2.24, 2.45) is 0 Å². The standard InChI is InChI=1S/C15H25N/c1-6-12(11-16-5)13-7-9-14(10-8-13)15(2,3)4/h7-10,12,16H,6,11H2,1-5H3. The number of rotatable bonds is 4.